The van der Waals surface area contributed by atoms with Crippen molar-refractivity contribution in [2.75, 3.05) is 13.1 Å². The van der Waals surface area contributed by atoms with E-state index in [-0.39, 0.29) is 11.9 Å². The van der Waals surface area contributed by atoms with Crippen LogP contribution in [0.25, 0.3) is 0 Å². The molecule has 122 valence electrons. The van der Waals surface area contributed by atoms with Gasteiger partial charge in [-0.3, -0.25) is 9.69 Å². The molecule has 2 fully saturated rings. The molecule has 1 saturated carbocycles. The number of nitrogens with one attached hydrogen (secondary N) is 2. The van der Waals surface area contributed by atoms with Gasteiger partial charge in [-0.1, -0.05) is 12.1 Å². The summed E-state index contributed by atoms with van der Waals surface area (Å²) in [4.78, 5) is 21.9. The zero-order valence-electron chi connectivity index (χ0n) is 13.2. The molecule has 2 atom stereocenters. The third kappa shape index (κ3) is 3.14. The highest BCUT2D eigenvalue weighted by Crippen LogP contribution is 2.40. The predicted octanol–water partition coefficient (Wildman–Crippen LogP) is 1.53. The second-order valence-electron chi connectivity index (χ2n) is 6.70. The number of imidazole rings is 1. The lowest BCUT2D eigenvalue weighted by atomic mass is 10.1. The molecule has 1 saturated heterocycles. The lowest BCUT2D eigenvalue weighted by molar-refractivity contribution is 0.0922. The summed E-state index contributed by atoms with van der Waals surface area (Å²) in [6, 6.07) is 1.91. The van der Waals surface area contributed by atoms with E-state index in [0.717, 1.165) is 43.9 Å². The Morgan fingerprint density at radius 1 is 1.48 bits per heavy atom. The number of hydrogen-bond donors (Lipinski definition) is 2. The number of aromatic amines is 1. The zero-order chi connectivity index (χ0) is 15.8. The number of carbonyl (C=O) groups excluding carboxylic acids is 1. The van der Waals surface area contributed by atoms with Crippen molar-refractivity contribution >= 4 is 5.91 Å². The fraction of sp³-hybridized carbons (Fsp3) is 0.562. The van der Waals surface area contributed by atoms with Gasteiger partial charge in [0.1, 0.15) is 5.76 Å². The molecule has 2 aliphatic rings. The van der Waals surface area contributed by atoms with Crippen LogP contribution in [0.4, 0.5) is 0 Å². The number of amides is 1. The molecule has 3 heterocycles. The molecule has 7 nitrogen and oxygen atoms in total. The molecule has 23 heavy (non-hydrogen) atoms. The molecule has 2 aromatic heterocycles. The molecule has 1 aliphatic carbocycles. The standard InChI is InChI=1S/C16H21N5O2/c1-10-6-21(7-12-5-17-9-18-12)8-14(10)19-16(22)13-4-15(23-20-13)11-2-3-11/h4-5,9-11,14H,2-3,6-8H2,1H3,(H,17,18)(H,19,22)/t10-,14+/m1/s1. The second-order valence-corrected chi connectivity index (χ2v) is 6.70. The first kappa shape index (κ1) is 14.4. The lowest BCUT2D eigenvalue weighted by Crippen LogP contribution is -2.40. The molecule has 0 unspecified atom stereocenters. The minimum absolute atomic E-state index is 0.127. The largest absolute Gasteiger partial charge is 0.360 e. The lowest BCUT2D eigenvalue weighted by Gasteiger charge is -2.16. The quantitative estimate of drug-likeness (QED) is 0.873. The van der Waals surface area contributed by atoms with E-state index < -0.39 is 0 Å². The number of hydrogen-bond acceptors (Lipinski definition) is 5. The summed E-state index contributed by atoms with van der Waals surface area (Å²) in [6.07, 6.45) is 5.87. The van der Waals surface area contributed by atoms with Crippen LogP contribution < -0.4 is 5.32 Å². The van der Waals surface area contributed by atoms with Crippen LogP contribution in [-0.4, -0.2) is 45.1 Å². The molecule has 2 aromatic rings. The Hall–Kier alpha value is -2.15. The summed E-state index contributed by atoms with van der Waals surface area (Å²) in [5.41, 5.74) is 1.42. The van der Waals surface area contributed by atoms with Gasteiger partial charge in [-0.2, -0.15) is 0 Å². The van der Waals surface area contributed by atoms with E-state index in [2.05, 4.69) is 32.3 Å². The van der Waals surface area contributed by atoms with Crippen LogP contribution in [0.2, 0.25) is 0 Å². The molecule has 7 heteroatoms. The van der Waals surface area contributed by atoms with E-state index in [1.807, 2.05) is 6.20 Å². The summed E-state index contributed by atoms with van der Waals surface area (Å²) in [5, 5.41) is 7.01. The highest BCUT2D eigenvalue weighted by molar-refractivity contribution is 5.92. The summed E-state index contributed by atoms with van der Waals surface area (Å²) >= 11 is 0. The Kier molecular flexibility index (Phi) is 3.65. The number of aromatic nitrogens is 3. The Labute approximate surface area is 134 Å². The Morgan fingerprint density at radius 3 is 3.09 bits per heavy atom. The van der Waals surface area contributed by atoms with Crippen molar-refractivity contribution in [1.82, 2.24) is 25.3 Å². The highest BCUT2D eigenvalue weighted by Gasteiger charge is 2.33. The fourth-order valence-electron chi connectivity index (χ4n) is 3.19. The van der Waals surface area contributed by atoms with Gasteiger partial charge in [-0.25, -0.2) is 4.98 Å². The summed E-state index contributed by atoms with van der Waals surface area (Å²) in [5.74, 6) is 1.57. The molecule has 1 aliphatic heterocycles. The predicted molar refractivity (Wildman–Crippen MR) is 82.8 cm³/mol. The van der Waals surface area contributed by atoms with Gasteiger partial charge in [-0.15, -0.1) is 0 Å². The number of rotatable bonds is 5. The van der Waals surface area contributed by atoms with E-state index in [4.69, 9.17) is 4.52 Å². The Bertz CT molecular complexity index is 676. The van der Waals surface area contributed by atoms with E-state index in [0.29, 0.717) is 17.5 Å². The topological polar surface area (TPSA) is 87.0 Å². The number of carbonyl (C=O) groups is 1. The molecule has 4 rings (SSSR count). The van der Waals surface area contributed by atoms with Crippen molar-refractivity contribution in [1.29, 1.82) is 0 Å². The Balaban J connectivity index is 1.35. The van der Waals surface area contributed by atoms with Gasteiger partial charge in [-0.05, 0) is 18.8 Å². The van der Waals surface area contributed by atoms with Gasteiger partial charge in [0.25, 0.3) is 5.91 Å². The third-order valence-corrected chi connectivity index (χ3v) is 4.69. The van der Waals surface area contributed by atoms with Crippen molar-refractivity contribution in [2.45, 2.75) is 38.3 Å². The van der Waals surface area contributed by atoms with Crippen molar-refractivity contribution in [3.63, 3.8) is 0 Å². The molecular weight excluding hydrogens is 294 g/mol. The van der Waals surface area contributed by atoms with E-state index in [1.165, 1.54) is 0 Å². The summed E-state index contributed by atoms with van der Waals surface area (Å²) in [7, 11) is 0. The first-order valence-corrected chi connectivity index (χ1v) is 8.16. The molecule has 0 aromatic carbocycles. The highest BCUT2D eigenvalue weighted by atomic mass is 16.5. The van der Waals surface area contributed by atoms with Crippen molar-refractivity contribution in [2.24, 2.45) is 5.92 Å². The first-order chi connectivity index (χ1) is 11.2. The van der Waals surface area contributed by atoms with Crippen LogP contribution in [0.3, 0.4) is 0 Å². The minimum atomic E-state index is -0.140. The third-order valence-electron chi connectivity index (χ3n) is 4.69. The second kappa shape index (κ2) is 5.81. The van der Waals surface area contributed by atoms with Crippen LogP contribution in [0.5, 0.6) is 0 Å². The van der Waals surface area contributed by atoms with Gasteiger partial charge >= 0.3 is 0 Å². The number of likely N-dealkylation sites (tertiary alicyclic amines) is 1. The van der Waals surface area contributed by atoms with Crippen molar-refractivity contribution in [3.05, 3.63) is 35.7 Å². The van der Waals surface area contributed by atoms with Crippen LogP contribution in [0.15, 0.2) is 23.1 Å². The maximum Gasteiger partial charge on any atom is 0.273 e. The maximum absolute atomic E-state index is 12.4. The minimum Gasteiger partial charge on any atom is -0.360 e. The van der Waals surface area contributed by atoms with E-state index in [9.17, 15) is 4.79 Å². The van der Waals surface area contributed by atoms with Crippen LogP contribution >= 0.6 is 0 Å². The summed E-state index contributed by atoms with van der Waals surface area (Å²) in [6.45, 7) is 4.74. The van der Waals surface area contributed by atoms with Gasteiger partial charge < -0.3 is 14.8 Å². The van der Waals surface area contributed by atoms with Crippen molar-refractivity contribution < 1.29 is 9.32 Å². The fourth-order valence-corrected chi connectivity index (χ4v) is 3.19. The SMILES string of the molecule is C[C@@H]1CN(Cc2c[nH]cn2)C[C@@H]1NC(=O)c1cc(C2CC2)on1. The summed E-state index contributed by atoms with van der Waals surface area (Å²) < 4.78 is 5.26. The van der Waals surface area contributed by atoms with Crippen molar-refractivity contribution in [3.8, 4) is 0 Å². The molecular formula is C16H21N5O2. The molecule has 0 spiro atoms. The van der Waals surface area contributed by atoms with Gasteiger partial charge in [0.15, 0.2) is 5.69 Å². The van der Waals surface area contributed by atoms with Crippen LogP contribution in [0, 0.1) is 5.92 Å². The number of nitrogens with zero attached hydrogens (tertiary/aromatic N) is 3. The molecule has 1 amide bonds. The normalized spacial score (nSPS) is 24.9. The smallest absolute Gasteiger partial charge is 0.273 e. The zero-order valence-corrected chi connectivity index (χ0v) is 13.2. The van der Waals surface area contributed by atoms with Crippen LogP contribution in [-0.2, 0) is 6.54 Å². The van der Waals surface area contributed by atoms with E-state index in [1.54, 1.807) is 12.4 Å². The van der Waals surface area contributed by atoms with Gasteiger partial charge in [0.2, 0.25) is 0 Å². The monoisotopic (exact) mass is 315 g/mol. The molecule has 2 N–H and O–H groups in total. The van der Waals surface area contributed by atoms with Crippen LogP contribution in [0.1, 0.15) is 47.6 Å². The van der Waals surface area contributed by atoms with E-state index >= 15 is 0 Å². The maximum atomic E-state index is 12.4. The van der Waals surface area contributed by atoms with Gasteiger partial charge in [0, 0.05) is 43.9 Å². The van der Waals surface area contributed by atoms with Gasteiger partial charge in [0.05, 0.1) is 12.0 Å². The number of H-pyrrole nitrogens is 1. The first-order valence-electron chi connectivity index (χ1n) is 8.16. The average molecular weight is 315 g/mol. The molecule has 0 radical (unpaired) electrons. The average Bonchev–Trinajstić information content (AvgIpc) is 2.94. The molecule has 0 bridgehead atoms. The Morgan fingerprint density at radius 2 is 2.35 bits per heavy atom.